The lowest BCUT2D eigenvalue weighted by Crippen LogP contribution is -2.72. The van der Waals surface area contributed by atoms with E-state index in [1.165, 1.54) is 0 Å². The molecule has 0 radical (unpaired) electrons. The van der Waals surface area contributed by atoms with E-state index < -0.39 is 48.5 Å². The Morgan fingerprint density at radius 3 is 0.857 bits per heavy atom. The number of fused-ring (bicyclic) bond motifs is 1. The predicted octanol–water partition coefficient (Wildman–Crippen LogP) is -3.59. The van der Waals surface area contributed by atoms with Crippen LogP contribution in [0.5, 0.6) is 0 Å². The Bertz CT molecular complexity index is 210. The summed E-state index contributed by atoms with van der Waals surface area (Å²) in [6.45, 7) is 0. The van der Waals surface area contributed by atoms with Crippen molar-refractivity contribution in [1.29, 1.82) is 0 Å². The van der Waals surface area contributed by atoms with Gasteiger partial charge in [0.05, 0.1) is 24.4 Å². The zero-order valence-electron chi connectivity index (χ0n) is 7.30. The first-order valence-electron chi connectivity index (χ1n) is 4.55. The van der Waals surface area contributed by atoms with Gasteiger partial charge in [0.1, 0.15) is 12.2 Å². The molecule has 2 rings (SSSR count). The zero-order valence-corrected chi connectivity index (χ0v) is 7.30. The average Bonchev–Trinajstić information content (AvgIpc) is 2.18. The van der Waals surface area contributed by atoms with E-state index in [0.29, 0.717) is 0 Å². The minimum absolute atomic E-state index is 0.765. The monoisotopic (exact) mass is 206 g/mol. The van der Waals surface area contributed by atoms with Crippen molar-refractivity contribution in [3.05, 3.63) is 0 Å². The zero-order chi connectivity index (χ0) is 10.6. The first-order chi connectivity index (χ1) is 6.46. The Hall–Kier alpha value is -0.240. The van der Waals surface area contributed by atoms with E-state index in [0.717, 1.165) is 0 Å². The molecule has 0 unspecified atom stereocenters. The number of aliphatic hydroxyl groups is 6. The summed E-state index contributed by atoms with van der Waals surface area (Å²) in [6.07, 6.45) is -7.87. The average molecular weight is 206 g/mol. The number of hydrogen-bond donors (Lipinski definition) is 6. The number of rotatable bonds is 0. The molecule has 6 heteroatoms. The van der Waals surface area contributed by atoms with Crippen LogP contribution in [0, 0.1) is 11.8 Å². The van der Waals surface area contributed by atoms with Gasteiger partial charge in [-0.1, -0.05) is 0 Å². The van der Waals surface area contributed by atoms with Crippen molar-refractivity contribution in [2.24, 2.45) is 11.8 Å². The molecule has 2 aliphatic rings. The SMILES string of the molecule is O[C@@H]1[C@H](O)[C@H](O)[C@H]2[C@@H](O)[C@H](O)[C@H]2[C@@H]1O. The van der Waals surface area contributed by atoms with E-state index in [9.17, 15) is 30.6 Å². The van der Waals surface area contributed by atoms with Gasteiger partial charge in [0.25, 0.3) is 0 Å². The van der Waals surface area contributed by atoms with Crippen LogP contribution >= 0.6 is 0 Å². The highest BCUT2D eigenvalue weighted by molar-refractivity contribution is 5.11. The molecule has 0 aromatic heterocycles. The molecule has 82 valence electrons. The lowest BCUT2D eigenvalue weighted by molar-refractivity contribution is -0.284. The van der Waals surface area contributed by atoms with Gasteiger partial charge in [-0.15, -0.1) is 0 Å². The summed E-state index contributed by atoms with van der Waals surface area (Å²) in [4.78, 5) is 0. The van der Waals surface area contributed by atoms with Gasteiger partial charge >= 0.3 is 0 Å². The summed E-state index contributed by atoms with van der Waals surface area (Å²) in [5.41, 5.74) is 0. The first-order valence-corrected chi connectivity index (χ1v) is 4.55. The summed E-state index contributed by atoms with van der Waals surface area (Å²) in [5, 5.41) is 56.1. The van der Waals surface area contributed by atoms with Crippen LogP contribution in [0.4, 0.5) is 0 Å². The Balaban J connectivity index is 2.21. The van der Waals surface area contributed by atoms with E-state index in [-0.39, 0.29) is 0 Å². The van der Waals surface area contributed by atoms with Gasteiger partial charge in [-0.25, -0.2) is 0 Å². The highest BCUT2D eigenvalue weighted by Crippen LogP contribution is 2.45. The Morgan fingerprint density at radius 2 is 0.571 bits per heavy atom. The smallest absolute Gasteiger partial charge is 0.109 e. The lowest BCUT2D eigenvalue weighted by Gasteiger charge is -2.56. The second-order valence-electron chi connectivity index (χ2n) is 4.10. The fourth-order valence-electron chi connectivity index (χ4n) is 2.48. The molecule has 0 heterocycles. The fraction of sp³-hybridized carbons (Fsp3) is 1.00. The minimum Gasteiger partial charge on any atom is -0.390 e. The first kappa shape index (κ1) is 10.3. The maximum Gasteiger partial charge on any atom is 0.109 e. The second kappa shape index (κ2) is 3.13. The molecule has 0 aliphatic heterocycles. The summed E-state index contributed by atoms with van der Waals surface area (Å²) in [5.74, 6) is -1.53. The molecule has 6 N–H and O–H groups in total. The molecule has 2 fully saturated rings. The van der Waals surface area contributed by atoms with Crippen LogP contribution in [-0.2, 0) is 0 Å². The summed E-state index contributed by atoms with van der Waals surface area (Å²) in [7, 11) is 0. The standard InChI is InChI=1S/C8H14O6/c9-3-1-2(4(3)10)6(12)8(14)7(13)5(1)11/h1-14H/t1-,2+,3-,4-,5-,6+,7-,8+/m1/s1. The highest BCUT2D eigenvalue weighted by Gasteiger charge is 2.62. The molecule has 6 nitrogen and oxygen atoms in total. The van der Waals surface area contributed by atoms with Crippen LogP contribution in [0.15, 0.2) is 0 Å². The van der Waals surface area contributed by atoms with Crippen LogP contribution in [0.25, 0.3) is 0 Å². The van der Waals surface area contributed by atoms with Crippen LogP contribution < -0.4 is 0 Å². The summed E-state index contributed by atoms with van der Waals surface area (Å²) in [6, 6.07) is 0. The van der Waals surface area contributed by atoms with E-state index in [1.807, 2.05) is 0 Å². The fourth-order valence-corrected chi connectivity index (χ4v) is 2.48. The molecule has 0 spiro atoms. The topological polar surface area (TPSA) is 121 Å². The largest absolute Gasteiger partial charge is 0.390 e. The highest BCUT2D eigenvalue weighted by atomic mass is 16.4. The molecular formula is C8H14O6. The van der Waals surface area contributed by atoms with Crippen molar-refractivity contribution in [2.75, 3.05) is 0 Å². The Labute approximate surface area is 80.0 Å². The number of hydrogen-bond acceptors (Lipinski definition) is 6. The van der Waals surface area contributed by atoms with Crippen LogP contribution in [0.2, 0.25) is 0 Å². The summed E-state index contributed by atoms with van der Waals surface area (Å²) >= 11 is 0. The molecule has 0 bridgehead atoms. The van der Waals surface area contributed by atoms with Crippen LogP contribution in [-0.4, -0.2) is 67.3 Å². The molecule has 0 aromatic carbocycles. The molecule has 0 aromatic rings. The van der Waals surface area contributed by atoms with Gasteiger partial charge in [-0.3, -0.25) is 0 Å². The van der Waals surface area contributed by atoms with Crippen molar-refractivity contribution in [1.82, 2.24) is 0 Å². The second-order valence-corrected chi connectivity index (χ2v) is 4.10. The van der Waals surface area contributed by atoms with Crippen LogP contribution in [0.1, 0.15) is 0 Å². The van der Waals surface area contributed by atoms with E-state index >= 15 is 0 Å². The summed E-state index contributed by atoms with van der Waals surface area (Å²) < 4.78 is 0. The van der Waals surface area contributed by atoms with Crippen molar-refractivity contribution < 1.29 is 30.6 Å². The van der Waals surface area contributed by atoms with Gasteiger partial charge in [0.15, 0.2) is 0 Å². The molecule has 0 amide bonds. The van der Waals surface area contributed by atoms with Crippen molar-refractivity contribution in [2.45, 2.75) is 36.6 Å². The lowest BCUT2D eigenvalue weighted by atomic mass is 9.57. The van der Waals surface area contributed by atoms with Gasteiger partial charge < -0.3 is 30.6 Å². The molecular weight excluding hydrogens is 192 g/mol. The number of aliphatic hydroxyl groups excluding tert-OH is 6. The maximum absolute atomic E-state index is 9.45. The minimum atomic E-state index is -1.48. The van der Waals surface area contributed by atoms with Gasteiger partial charge in [-0.2, -0.15) is 0 Å². The molecule has 0 saturated heterocycles. The third kappa shape index (κ3) is 1.06. The third-order valence-corrected chi connectivity index (χ3v) is 3.42. The van der Waals surface area contributed by atoms with E-state index in [4.69, 9.17) is 0 Å². The molecule has 2 aliphatic carbocycles. The molecule has 2 saturated carbocycles. The van der Waals surface area contributed by atoms with Crippen molar-refractivity contribution in [3.63, 3.8) is 0 Å². The third-order valence-electron chi connectivity index (χ3n) is 3.42. The van der Waals surface area contributed by atoms with Crippen molar-refractivity contribution in [3.8, 4) is 0 Å². The van der Waals surface area contributed by atoms with E-state index in [1.54, 1.807) is 0 Å². The Morgan fingerprint density at radius 1 is 0.357 bits per heavy atom. The van der Waals surface area contributed by atoms with Crippen molar-refractivity contribution >= 4 is 0 Å². The molecule has 8 atom stereocenters. The van der Waals surface area contributed by atoms with Gasteiger partial charge in [-0.05, 0) is 0 Å². The van der Waals surface area contributed by atoms with Gasteiger partial charge in [0, 0.05) is 11.8 Å². The normalized spacial score (nSPS) is 63.0. The van der Waals surface area contributed by atoms with Crippen LogP contribution in [0.3, 0.4) is 0 Å². The predicted molar refractivity (Wildman–Crippen MR) is 43.0 cm³/mol. The maximum atomic E-state index is 9.45. The Kier molecular flexibility index (Phi) is 2.30. The van der Waals surface area contributed by atoms with Gasteiger partial charge in [0.2, 0.25) is 0 Å². The molecule has 14 heavy (non-hydrogen) atoms. The van der Waals surface area contributed by atoms with E-state index in [2.05, 4.69) is 0 Å². The quantitative estimate of drug-likeness (QED) is 0.244.